The first-order chi connectivity index (χ1) is 6.58. The molecule has 74 valence electrons. The van der Waals surface area contributed by atoms with E-state index in [2.05, 4.69) is 15.3 Å². The molecular weight excluding hydrogens is 182 g/mol. The van der Waals surface area contributed by atoms with E-state index in [0.29, 0.717) is 18.1 Å². The van der Waals surface area contributed by atoms with Crippen LogP contribution in [0.2, 0.25) is 0 Å². The van der Waals surface area contributed by atoms with Crippen LogP contribution in [-0.4, -0.2) is 15.9 Å². The molecule has 0 saturated heterocycles. The van der Waals surface area contributed by atoms with Gasteiger partial charge in [0.15, 0.2) is 0 Å². The lowest BCUT2D eigenvalue weighted by molar-refractivity contribution is -0.119. The third-order valence-electron chi connectivity index (χ3n) is 2.26. The number of nitrogen functional groups attached to an aromatic ring is 2. The Morgan fingerprint density at radius 3 is 2.86 bits per heavy atom. The minimum atomic E-state index is -0.1000. The van der Waals surface area contributed by atoms with Crippen LogP contribution in [0.5, 0.6) is 0 Å². The first-order valence-electron chi connectivity index (χ1n) is 4.30. The van der Waals surface area contributed by atoms with Crippen molar-refractivity contribution in [3.05, 3.63) is 5.56 Å². The van der Waals surface area contributed by atoms with Crippen LogP contribution in [0.4, 0.5) is 17.6 Å². The van der Waals surface area contributed by atoms with E-state index in [-0.39, 0.29) is 17.8 Å². The predicted octanol–water partition coefficient (Wildman–Crippen LogP) is -0.228. The molecule has 0 spiro atoms. The summed E-state index contributed by atoms with van der Waals surface area (Å²) in [6.45, 7) is 1.83. The van der Waals surface area contributed by atoms with Gasteiger partial charge in [-0.1, -0.05) is 6.92 Å². The van der Waals surface area contributed by atoms with Gasteiger partial charge in [-0.3, -0.25) is 4.79 Å². The van der Waals surface area contributed by atoms with Crippen molar-refractivity contribution >= 4 is 23.5 Å². The van der Waals surface area contributed by atoms with Gasteiger partial charge < -0.3 is 16.8 Å². The van der Waals surface area contributed by atoms with Gasteiger partial charge in [0.05, 0.1) is 0 Å². The third-order valence-corrected chi connectivity index (χ3v) is 2.26. The van der Waals surface area contributed by atoms with E-state index < -0.39 is 0 Å². The number of hydrogen-bond donors (Lipinski definition) is 3. The van der Waals surface area contributed by atoms with E-state index in [9.17, 15) is 4.79 Å². The predicted molar refractivity (Wildman–Crippen MR) is 52.4 cm³/mol. The van der Waals surface area contributed by atoms with Crippen molar-refractivity contribution in [1.29, 1.82) is 0 Å². The number of fused-ring (bicyclic) bond motifs is 1. The smallest absolute Gasteiger partial charge is 0.228 e. The fraction of sp³-hybridized carbons (Fsp3) is 0.375. The fourth-order valence-electron chi connectivity index (χ4n) is 1.46. The molecule has 0 fully saturated rings. The lowest BCUT2D eigenvalue weighted by atomic mass is 9.97. The number of nitrogens with one attached hydrogen (secondary N) is 1. The molecule has 2 heterocycles. The van der Waals surface area contributed by atoms with Crippen LogP contribution >= 0.6 is 0 Å². The third kappa shape index (κ3) is 1.24. The molecule has 1 amide bonds. The van der Waals surface area contributed by atoms with Crippen molar-refractivity contribution in [1.82, 2.24) is 9.97 Å². The van der Waals surface area contributed by atoms with Gasteiger partial charge in [-0.15, -0.1) is 0 Å². The second-order valence-electron chi connectivity index (χ2n) is 3.39. The van der Waals surface area contributed by atoms with Gasteiger partial charge in [0.2, 0.25) is 11.9 Å². The summed E-state index contributed by atoms with van der Waals surface area (Å²) in [5, 5.41) is 2.64. The maximum absolute atomic E-state index is 11.3. The Balaban J connectivity index is 2.51. The number of nitrogens with zero attached hydrogens (tertiary/aromatic N) is 2. The SMILES string of the molecule is C[C@H]1Cc2c(N)nc(N)nc2NC1=O. The van der Waals surface area contributed by atoms with Crippen LogP contribution in [0.1, 0.15) is 12.5 Å². The van der Waals surface area contributed by atoms with Crippen LogP contribution in [0.25, 0.3) is 0 Å². The highest BCUT2D eigenvalue weighted by Crippen LogP contribution is 2.27. The van der Waals surface area contributed by atoms with Crippen molar-refractivity contribution < 1.29 is 4.79 Å². The molecule has 0 aromatic carbocycles. The Kier molecular flexibility index (Phi) is 1.77. The number of nitrogens with two attached hydrogens (primary N) is 2. The average molecular weight is 193 g/mol. The van der Waals surface area contributed by atoms with E-state index in [4.69, 9.17) is 11.5 Å². The zero-order chi connectivity index (χ0) is 10.3. The van der Waals surface area contributed by atoms with Gasteiger partial charge in [0.1, 0.15) is 11.6 Å². The second kappa shape index (κ2) is 2.83. The van der Waals surface area contributed by atoms with Gasteiger partial charge in [-0.25, -0.2) is 0 Å². The van der Waals surface area contributed by atoms with Gasteiger partial charge in [-0.05, 0) is 6.42 Å². The molecule has 0 bridgehead atoms. The van der Waals surface area contributed by atoms with E-state index in [1.165, 1.54) is 0 Å². The van der Waals surface area contributed by atoms with Crippen molar-refractivity contribution in [3.63, 3.8) is 0 Å². The number of amides is 1. The largest absolute Gasteiger partial charge is 0.383 e. The highest BCUT2D eigenvalue weighted by atomic mass is 16.2. The normalized spacial score (nSPS) is 20.1. The summed E-state index contributed by atoms with van der Waals surface area (Å²) in [4.78, 5) is 19.1. The summed E-state index contributed by atoms with van der Waals surface area (Å²) in [5.41, 5.74) is 11.8. The van der Waals surface area contributed by atoms with Gasteiger partial charge >= 0.3 is 0 Å². The molecule has 0 saturated carbocycles. The number of hydrogen-bond acceptors (Lipinski definition) is 5. The number of aromatic nitrogens is 2. The van der Waals surface area contributed by atoms with E-state index in [0.717, 1.165) is 5.56 Å². The average Bonchev–Trinajstić information content (AvgIpc) is 2.08. The molecule has 14 heavy (non-hydrogen) atoms. The van der Waals surface area contributed by atoms with Crippen molar-refractivity contribution in [2.45, 2.75) is 13.3 Å². The zero-order valence-corrected chi connectivity index (χ0v) is 7.74. The van der Waals surface area contributed by atoms with E-state index >= 15 is 0 Å². The monoisotopic (exact) mass is 193 g/mol. The summed E-state index contributed by atoms with van der Waals surface area (Å²) < 4.78 is 0. The standard InChI is InChI=1S/C8H11N5O/c1-3-2-4-5(9)11-8(10)13-6(4)12-7(3)14/h3H,2H2,1H3,(H5,9,10,11,12,13,14)/t3-/m0/s1. The van der Waals surface area contributed by atoms with Crippen LogP contribution in [0.3, 0.4) is 0 Å². The molecule has 1 aliphatic rings. The van der Waals surface area contributed by atoms with Crippen LogP contribution in [0.15, 0.2) is 0 Å². The molecule has 0 aliphatic carbocycles. The molecule has 1 atom stereocenters. The zero-order valence-electron chi connectivity index (χ0n) is 7.74. The van der Waals surface area contributed by atoms with E-state index in [1.54, 1.807) is 0 Å². The molecule has 2 rings (SSSR count). The molecule has 1 aliphatic heterocycles. The molecule has 1 aromatic rings. The van der Waals surface area contributed by atoms with Crippen LogP contribution in [-0.2, 0) is 11.2 Å². The lowest BCUT2D eigenvalue weighted by Crippen LogP contribution is -2.29. The quantitative estimate of drug-likeness (QED) is 0.527. The van der Waals surface area contributed by atoms with Gasteiger partial charge in [0, 0.05) is 11.5 Å². The summed E-state index contributed by atoms with van der Waals surface area (Å²) in [6, 6.07) is 0. The van der Waals surface area contributed by atoms with Crippen molar-refractivity contribution in [2.75, 3.05) is 16.8 Å². The minimum absolute atomic E-state index is 0.0602. The molecule has 0 unspecified atom stereocenters. The lowest BCUT2D eigenvalue weighted by Gasteiger charge is -2.21. The number of anilines is 3. The Hall–Kier alpha value is -1.85. The van der Waals surface area contributed by atoms with Crippen molar-refractivity contribution in [3.8, 4) is 0 Å². The summed E-state index contributed by atoms with van der Waals surface area (Å²) in [6.07, 6.45) is 0.563. The van der Waals surface area contributed by atoms with Gasteiger partial charge in [0.25, 0.3) is 0 Å². The Morgan fingerprint density at radius 2 is 2.14 bits per heavy atom. The van der Waals surface area contributed by atoms with E-state index in [1.807, 2.05) is 6.92 Å². The summed E-state index contributed by atoms with van der Waals surface area (Å²) in [7, 11) is 0. The Morgan fingerprint density at radius 1 is 1.43 bits per heavy atom. The molecular formula is C8H11N5O. The summed E-state index contributed by atoms with van der Waals surface area (Å²) in [5.74, 6) is 0.709. The Labute approximate surface area is 80.7 Å². The van der Waals surface area contributed by atoms with Crippen molar-refractivity contribution in [2.24, 2.45) is 5.92 Å². The van der Waals surface area contributed by atoms with Crippen LogP contribution < -0.4 is 16.8 Å². The maximum atomic E-state index is 11.3. The minimum Gasteiger partial charge on any atom is -0.383 e. The second-order valence-corrected chi connectivity index (χ2v) is 3.39. The number of carbonyl (C=O) groups is 1. The molecule has 1 aromatic heterocycles. The molecule has 6 heteroatoms. The molecule has 5 N–H and O–H groups in total. The number of carbonyl (C=O) groups excluding carboxylic acids is 1. The number of rotatable bonds is 0. The molecule has 6 nitrogen and oxygen atoms in total. The Bertz CT molecular complexity index is 403. The summed E-state index contributed by atoms with van der Waals surface area (Å²) >= 11 is 0. The van der Waals surface area contributed by atoms with Gasteiger partial charge in [-0.2, -0.15) is 9.97 Å². The maximum Gasteiger partial charge on any atom is 0.228 e. The molecule has 0 radical (unpaired) electrons. The highest BCUT2D eigenvalue weighted by Gasteiger charge is 2.25. The highest BCUT2D eigenvalue weighted by molar-refractivity contribution is 5.95. The fourth-order valence-corrected chi connectivity index (χ4v) is 1.46. The first kappa shape index (κ1) is 8.74. The first-order valence-corrected chi connectivity index (χ1v) is 4.30. The van der Waals surface area contributed by atoms with Crippen LogP contribution in [0, 0.1) is 5.92 Å². The topological polar surface area (TPSA) is 107 Å².